The molecule has 0 aromatic rings. The van der Waals surface area contributed by atoms with E-state index < -0.39 is 55.4 Å². The molecule has 0 radical (unpaired) electrons. The minimum absolute atomic E-state index is 0.205. The minimum atomic E-state index is -0.971. The standard InChI is InChI=1S/C24H40Br2O8/c1-15(16(27)31-21(4,5)13-23(8,9)33-18(25)29)12-20(2,3)17(28)32-22(6,7)14-24(10,11)34-19(26)30/h15H,12-14H2,1-11H3. The highest BCUT2D eigenvalue weighted by atomic mass is 79.9. The maximum absolute atomic E-state index is 13.0. The predicted molar refractivity (Wildman–Crippen MR) is 136 cm³/mol. The normalized spacial score (nSPS) is 14.1. The number of esters is 2. The molecule has 0 N–H and O–H groups in total. The molecule has 1 atom stereocenters. The van der Waals surface area contributed by atoms with Crippen molar-refractivity contribution in [3.63, 3.8) is 0 Å². The summed E-state index contributed by atoms with van der Waals surface area (Å²) in [5.74, 6) is -1.52. The number of hydrogen-bond donors (Lipinski definition) is 0. The number of rotatable bonds is 12. The van der Waals surface area contributed by atoms with Gasteiger partial charge in [-0.15, -0.1) is 0 Å². The third-order valence-electron chi connectivity index (χ3n) is 4.93. The molecule has 198 valence electrons. The van der Waals surface area contributed by atoms with Crippen molar-refractivity contribution in [3.8, 4) is 0 Å². The van der Waals surface area contributed by atoms with E-state index in [-0.39, 0.29) is 19.3 Å². The molecule has 10 heteroatoms. The molecule has 0 rings (SSSR count). The Balaban J connectivity index is 5.15. The fourth-order valence-corrected chi connectivity index (χ4v) is 5.20. The van der Waals surface area contributed by atoms with E-state index in [1.165, 1.54) is 0 Å². The highest BCUT2D eigenvalue weighted by molar-refractivity contribution is 9.18. The van der Waals surface area contributed by atoms with Crippen LogP contribution in [0.25, 0.3) is 0 Å². The van der Waals surface area contributed by atoms with Crippen LogP contribution >= 0.6 is 31.9 Å². The lowest BCUT2D eigenvalue weighted by Gasteiger charge is -2.37. The first-order chi connectivity index (χ1) is 14.9. The molecular weight excluding hydrogens is 576 g/mol. The predicted octanol–water partition coefficient (Wildman–Crippen LogP) is 7.08. The SMILES string of the molecule is CC(CC(C)(C)C(=O)OC(C)(C)CC(C)(C)OC(=O)Br)C(=O)OC(C)(C)CC(C)(C)OC(=O)Br. The lowest BCUT2D eigenvalue weighted by molar-refractivity contribution is -0.174. The summed E-state index contributed by atoms with van der Waals surface area (Å²) in [6.45, 7) is 19.0. The fraction of sp³-hybridized carbons (Fsp3) is 0.833. The molecule has 0 amide bonds. The van der Waals surface area contributed by atoms with Crippen LogP contribution < -0.4 is 0 Å². The van der Waals surface area contributed by atoms with Gasteiger partial charge in [0.1, 0.15) is 22.4 Å². The van der Waals surface area contributed by atoms with Gasteiger partial charge in [0.05, 0.1) is 11.3 Å². The number of ether oxygens (including phenoxy) is 4. The van der Waals surface area contributed by atoms with E-state index >= 15 is 0 Å². The molecule has 0 aliphatic rings. The molecule has 8 nitrogen and oxygen atoms in total. The van der Waals surface area contributed by atoms with Crippen LogP contribution in [0, 0.1) is 11.3 Å². The molecule has 0 aromatic carbocycles. The molecule has 0 spiro atoms. The number of carbonyl (C=O) groups excluding carboxylic acids is 4. The second kappa shape index (κ2) is 11.7. The molecule has 34 heavy (non-hydrogen) atoms. The van der Waals surface area contributed by atoms with Gasteiger partial charge in [-0.05, 0) is 75.7 Å². The molecule has 0 saturated carbocycles. The average Bonchev–Trinajstić information content (AvgIpc) is 2.47. The Kier molecular flexibility index (Phi) is 11.3. The van der Waals surface area contributed by atoms with Gasteiger partial charge >= 0.3 is 21.7 Å². The van der Waals surface area contributed by atoms with Gasteiger partial charge in [0.15, 0.2) is 0 Å². The van der Waals surface area contributed by atoms with E-state index in [1.54, 1.807) is 76.2 Å². The van der Waals surface area contributed by atoms with E-state index in [4.69, 9.17) is 18.9 Å². The topological polar surface area (TPSA) is 105 Å². The zero-order valence-corrected chi connectivity index (χ0v) is 25.4. The van der Waals surface area contributed by atoms with Crippen LogP contribution in [0.4, 0.5) is 9.59 Å². The number of halogens is 2. The first-order valence-electron chi connectivity index (χ1n) is 11.1. The maximum Gasteiger partial charge on any atom is 0.375 e. The van der Waals surface area contributed by atoms with Crippen LogP contribution in [-0.2, 0) is 28.5 Å². The average molecular weight is 616 g/mol. The van der Waals surface area contributed by atoms with Crippen molar-refractivity contribution in [1.29, 1.82) is 0 Å². The maximum atomic E-state index is 13.0. The quantitative estimate of drug-likeness (QED) is 0.130. The number of carbonyl (C=O) groups is 4. The van der Waals surface area contributed by atoms with E-state index in [0.29, 0.717) is 0 Å². The van der Waals surface area contributed by atoms with Gasteiger partial charge in [-0.25, -0.2) is 9.59 Å². The first-order valence-corrected chi connectivity index (χ1v) is 12.7. The summed E-state index contributed by atoms with van der Waals surface area (Å²) in [6.07, 6.45) is 0.764. The van der Waals surface area contributed by atoms with Crippen LogP contribution in [0.3, 0.4) is 0 Å². The molecule has 0 heterocycles. The monoisotopic (exact) mass is 614 g/mol. The van der Waals surface area contributed by atoms with Gasteiger partial charge in [-0.3, -0.25) is 9.59 Å². The Hall–Kier alpha value is -1.16. The van der Waals surface area contributed by atoms with Gasteiger partial charge in [0.25, 0.3) is 0 Å². The van der Waals surface area contributed by atoms with Crippen LogP contribution in [-0.4, -0.2) is 44.1 Å². The molecule has 0 saturated heterocycles. The Labute approximate surface area is 220 Å². The molecule has 1 unspecified atom stereocenters. The van der Waals surface area contributed by atoms with Gasteiger partial charge in [0, 0.05) is 44.7 Å². The Morgan fingerprint density at radius 3 is 1.29 bits per heavy atom. The van der Waals surface area contributed by atoms with Crippen LogP contribution in [0.1, 0.15) is 95.4 Å². The largest absolute Gasteiger partial charge is 0.459 e. The van der Waals surface area contributed by atoms with Crippen molar-refractivity contribution in [2.45, 2.75) is 118 Å². The summed E-state index contributed by atoms with van der Waals surface area (Å²) in [7, 11) is 0. The van der Waals surface area contributed by atoms with E-state index in [2.05, 4.69) is 31.9 Å². The zero-order chi connectivity index (χ0) is 27.3. The first kappa shape index (κ1) is 32.8. The van der Waals surface area contributed by atoms with Crippen molar-refractivity contribution in [2.75, 3.05) is 0 Å². The van der Waals surface area contributed by atoms with Gasteiger partial charge < -0.3 is 18.9 Å². The van der Waals surface area contributed by atoms with Gasteiger partial charge in [-0.2, -0.15) is 0 Å². The second-order valence-corrected chi connectivity index (χ2v) is 13.2. The fourth-order valence-electron chi connectivity index (χ4n) is 4.32. The third kappa shape index (κ3) is 13.1. The molecule has 0 aliphatic heterocycles. The number of hydrogen-bond acceptors (Lipinski definition) is 8. The molecular formula is C24H40Br2O8. The molecule has 0 bridgehead atoms. The Morgan fingerprint density at radius 2 is 0.941 bits per heavy atom. The summed E-state index contributed by atoms with van der Waals surface area (Å²) < 4.78 is 21.9. The summed E-state index contributed by atoms with van der Waals surface area (Å²) >= 11 is 5.50. The molecule has 0 fully saturated rings. The Bertz CT molecular complexity index is 769. The van der Waals surface area contributed by atoms with E-state index in [0.717, 1.165) is 0 Å². The van der Waals surface area contributed by atoms with Crippen LogP contribution in [0.5, 0.6) is 0 Å². The summed E-state index contributed by atoms with van der Waals surface area (Å²) in [5.41, 5.74) is -4.49. The van der Waals surface area contributed by atoms with Crippen LogP contribution in [0.2, 0.25) is 0 Å². The third-order valence-corrected chi connectivity index (χ3v) is 5.26. The zero-order valence-electron chi connectivity index (χ0n) is 22.2. The lowest BCUT2D eigenvalue weighted by atomic mass is 9.82. The van der Waals surface area contributed by atoms with Crippen LogP contribution in [0.15, 0.2) is 0 Å². The lowest BCUT2D eigenvalue weighted by Crippen LogP contribution is -2.43. The highest BCUT2D eigenvalue weighted by Gasteiger charge is 2.41. The van der Waals surface area contributed by atoms with E-state index in [1.807, 2.05) is 0 Å². The summed E-state index contributed by atoms with van der Waals surface area (Å²) in [4.78, 5) is 47.1. The Morgan fingerprint density at radius 1 is 0.618 bits per heavy atom. The van der Waals surface area contributed by atoms with Crippen molar-refractivity contribution in [1.82, 2.24) is 0 Å². The van der Waals surface area contributed by atoms with Gasteiger partial charge in [-0.1, -0.05) is 6.92 Å². The molecule has 0 aromatic heterocycles. The van der Waals surface area contributed by atoms with Crippen molar-refractivity contribution < 1.29 is 38.1 Å². The highest BCUT2D eigenvalue weighted by Crippen LogP contribution is 2.34. The van der Waals surface area contributed by atoms with Crippen molar-refractivity contribution >= 4 is 53.6 Å². The summed E-state index contributed by atoms with van der Waals surface area (Å²) in [5, 5.41) is 0. The molecule has 0 aliphatic carbocycles. The minimum Gasteiger partial charge on any atom is -0.459 e. The van der Waals surface area contributed by atoms with Crippen molar-refractivity contribution in [3.05, 3.63) is 0 Å². The summed E-state index contributed by atoms with van der Waals surface area (Å²) in [6, 6.07) is 0. The second-order valence-electron chi connectivity index (χ2n) is 11.9. The van der Waals surface area contributed by atoms with Crippen molar-refractivity contribution in [2.24, 2.45) is 11.3 Å². The van der Waals surface area contributed by atoms with E-state index in [9.17, 15) is 19.2 Å². The smallest absolute Gasteiger partial charge is 0.375 e. The van der Waals surface area contributed by atoms with Gasteiger partial charge in [0.2, 0.25) is 0 Å².